The predicted octanol–water partition coefficient (Wildman–Crippen LogP) is 1.87. The summed E-state index contributed by atoms with van der Waals surface area (Å²) in [6, 6.07) is 9.58. The van der Waals surface area contributed by atoms with E-state index in [0.29, 0.717) is 0 Å². The van der Waals surface area contributed by atoms with E-state index in [2.05, 4.69) is 5.32 Å². The molecule has 0 bridgehead atoms. The summed E-state index contributed by atoms with van der Waals surface area (Å²) in [5.74, 6) is 0.476. The summed E-state index contributed by atoms with van der Waals surface area (Å²) in [6.07, 6.45) is 2.14. The molecule has 1 fully saturated rings. The Morgan fingerprint density at radius 2 is 2.07 bits per heavy atom. The molecule has 2 nitrogen and oxygen atoms in total. The molecule has 1 saturated heterocycles. The molecular weight excluding hydrogens is 174 g/mol. The number of benzene rings is 1. The number of Topliss-reactive ketones (excluding diaryl/α,β-unsaturated/α-hetero) is 1. The van der Waals surface area contributed by atoms with Gasteiger partial charge in [0.2, 0.25) is 0 Å². The fourth-order valence-corrected chi connectivity index (χ4v) is 1.91. The first-order valence-corrected chi connectivity index (χ1v) is 5.18. The van der Waals surface area contributed by atoms with Gasteiger partial charge in [0.1, 0.15) is 0 Å². The van der Waals surface area contributed by atoms with E-state index in [1.165, 1.54) is 0 Å². The van der Waals surface area contributed by atoms with Crippen LogP contribution < -0.4 is 5.32 Å². The number of hydrogen-bond acceptors (Lipinski definition) is 2. The van der Waals surface area contributed by atoms with E-state index in [9.17, 15) is 4.79 Å². The van der Waals surface area contributed by atoms with Crippen LogP contribution in [0.2, 0.25) is 0 Å². The molecule has 2 rings (SSSR count). The van der Waals surface area contributed by atoms with Crippen molar-refractivity contribution >= 4 is 5.78 Å². The molecule has 1 N–H and O–H groups in total. The Kier molecular flexibility index (Phi) is 2.94. The van der Waals surface area contributed by atoms with Crippen molar-refractivity contribution in [1.82, 2.24) is 5.32 Å². The van der Waals surface area contributed by atoms with Gasteiger partial charge in [0.25, 0.3) is 0 Å². The maximum absolute atomic E-state index is 12.0. The summed E-state index contributed by atoms with van der Waals surface area (Å²) in [4.78, 5) is 12.0. The van der Waals surface area contributed by atoms with Crippen molar-refractivity contribution in [3.05, 3.63) is 35.9 Å². The van der Waals surface area contributed by atoms with Crippen molar-refractivity contribution in [1.29, 1.82) is 0 Å². The van der Waals surface area contributed by atoms with E-state index in [0.717, 1.165) is 31.5 Å². The van der Waals surface area contributed by atoms with Crippen LogP contribution in [0.4, 0.5) is 0 Å². The van der Waals surface area contributed by atoms with Crippen LogP contribution in [0, 0.1) is 5.92 Å². The number of rotatable bonds is 2. The number of piperidine rings is 1. The van der Waals surface area contributed by atoms with Crippen molar-refractivity contribution in [2.24, 2.45) is 5.92 Å². The quantitative estimate of drug-likeness (QED) is 0.719. The minimum absolute atomic E-state index is 0.186. The number of carbonyl (C=O) groups is 1. The highest BCUT2D eigenvalue weighted by molar-refractivity contribution is 5.98. The number of nitrogens with one attached hydrogen (secondary N) is 1. The molecule has 1 aliphatic heterocycles. The number of carbonyl (C=O) groups excluding carboxylic acids is 1. The van der Waals surface area contributed by atoms with Gasteiger partial charge in [-0.05, 0) is 19.4 Å². The van der Waals surface area contributed by atoms with E-state index in [1.807, 2.05) is 30.3 Å². The average Bonchev–Trinajstić information content (AvgIpc) is 2.30. The van der Waals surface area contributed by atoms with Gasteiger partial charge >= 0.3 is 0 Å². The standard InChI is InChI=1S/C12H15NO/c14-12(10-5-2-1-3-6-10)11-7-4-8-13-9-11/h1-3,5-6,11,13H,4,7-9H2. The lowest BCUT2D eigenvalue weighted by Crippen LogP contribution is -2.34. The third-order valence-corrected chi connectivity index (χ3v) is 2.73. The Morgan fingerprint density at radius 1 is 1.29 bits per heavy atom. The second kappa shape index (κ2) is 4.38. The lowest BCUT2D eigenvalue weighted by molar-refractivity contribution is 0.0899. The first-order valence-electron chi connectivity index (χ1n) is 5.18. The Bertz CT molecular complexity index is 301. The molecule has 0 amide bonds. The van der Waals surface area contributed by atoms with E-state index in [1.54, 1.807) is 0 Å². The summed E-state index contributed by atoms with van der Waals surface area (Å²) >= 11 is 0. The monoisotopic (exact) mass is 189 g/mol. The number of hydrogen-bond donors (Lipinski definition) is 1. The molecule has 74 valence electrons. The highest BCUT2D eigenvalue weighted by Crippen LogP contribution is 2.16. The Labute approximate surface area is 84.3 Å². The molecule has 1 atom stereocenters. The highest BCUT2D eigenvalue weighted by atomic mass is 16.1. The van der Waals surface area contributed by atoms with Gasteiger partial charge in [0, 0.05) is 18.0 Å². The van der Waals surface area contributed by atoms with Gasteiger partial charge in [-0.25, -0.2) is 0 Å². The molecule has 1 aromatic carbocycles. The fourth-order valence-electron chi connectivity index (χ4n) is 1.91. The zero-order valence-electron chi connectivity index (χ0n) is 8.20. The summed E-state index contributed by atoms with van der Waals surface area (Å²) in [7, 11) is 0. The zero-order valence-corrected chi connectivity index (χ0v) is 8.20. The Hall–Kier alpha value is -1.15. The van der Waals surface area contributed by atoms with Crippen molar-refractivity contribution in [3.8, 4) is 0 Å². The SMILES string of the molecule is O=C(c1ccccc1)C1CCCNC1. The van der Waals surface area contributed by atoms with Crippen LogP contribution in [-0.4, -0.2) is 18.9 Å². The van der Waals surface area contributed by atoms with E-state index < -0.39 is 0 Å². The van der Waals surface area contributed by atoms with E-state index in [-0.39, 0.29) is 11.7 Å². The molecule has 0 saturated carbocycles. The van der Waals surface area contributed by atoms with Gasteiger partial charge < -0.3 is 5.32 Å². The minimum atomic E-state index is 0.186. The van der Waals surface area contributed by atoms with Crippen LogP contribution in [0.25, 0.3) is 0 Å². The van der Waals surface area contributed by atoms with Crippen LogP contribution in [0.1, 0.15) is 23.2 Å². The maximum Gasteiger partial charge on any atom is 0.167 e. The maximum atomic E-state index is 12.0. The van der Waals surface area contributed by atoms with Crippen molar-refractivity contribution in [3.63, 3.8) is 0 Å². The molecule has 1 heterocycles. The lowest BCUT2D eigenvalue weighted by Gasteiger charge is -2.21. The van der Waals surface area contributed by atoms with Crippen molar-refractivity contribution in [2.45, 2.75) is 12.8 Å². The Balaban J connectivity index is 2.07. The number of ketones is 1. The van der Waals surface area contributed by atoms with Gasteiger partial charge in [0.15, 0.2) is 5.78 Å². The molecule has 14 heavy (non-hydrogen) atoms. The smallest absolute Gasteiger partial charge is 0.167 e. The summed E-state index contributed by atoms with van der Waals surface area (Å²) in [6.45, 7) is 1.90. The Morgan fingerprint density at radius 3 is 2.71 bits per heavy atom. The second-order valence-corrected chi connectivity index (χ2v) is 3.77. The molecule has 0 aromatic heterocycles. The predicted molar refractivity (Wildman–Crippen MR) is 56.4 cm³/mol. The molecule has 0 aliphatic carbocycles. The van der Waals surface area contributed by atoms with Crippen LogP contribution in [-0.2, 0) is 0 Å². The first-order chi connectivity index (χ1) is 6.88. The molecule has 1 aliphatic rings. The fraction of sp³-hybridized carbons (Fsp3) is 0.417. The summed E-state index contributed by atoms with van der Waals surface area (Å²) in [5, 5.41) is 3.26. The van der Waals surface area contributed by atoms with Gasteiger partial charge in [-0.2, -0.15) is 0 Å². The van der Waals surface area contributed by atoms with Crippen LogP contribution >= 0.6 is 0 Å². The third kappa shape index (κ3) is 2.02. The largest absolute Gasteiger partial charge is 0.316 e. The van der Waals surface area contributed by atoms with Crippen LogP contribution in [0.15, 0.2) is 30.3 Å². The van der Waals surface area contributed by atoms with Gasteiger partial charge in [0.05, 0.1) is 0 Å². The molecule has 0 radical (unpaired) electrons. The van der Waals surface area contributed by atoms with Crippen LogP contribution in [0.5, 0.6) is 0 Å². The van der Waals surface area contributed by atoms with Gasteiger partial charge in [-0.3, -0.25) is 4.79 Å². The van der Waals surface area contributed by atoms with Gasteiger partial charge in [-0.1, -0.05) is 30.3 Å². The van der Waals surface area contributed by atoms with E-state index >= 15 is 0 Å². The molecular formula is C12H15NO. The molecule has 2 heteroatoms. The molecule has 1 aromatic rings. The van der Waals surface area contributed by atoms with Crippen molar-refractivity contribution in [2.75, 3.05) is 13.1 Å². The highest BCUT2D eigenvalue weighted by Gasteiger charge is 2.21. The first kappa shape index (κ1) is 9.41. The average molecular weight is 189 g/mol. The minimum Gasteiger partial charge on any atom is -0.316 e. The lowest BCUT2D eigenvalue weighted by atomic mass is 9.91. The molecule has 1 unspecified atom stereocenters. The third-order valence-electron chi connectivity index (χ3n) is 2.73. The van der Waals surface area contributed by atoms with Crippen molar-refractivity contribution < 1.29 is 4.79 Å². The van der Waals surface area contributed by atoms with Gasteiger partial charge in [-0.15, -0.1) is 0 Å². The normalized spacial score (nSPS) is 21.9. The molecule has 0 spiro atoms. The summed E-state index contributed by atoms with van der Waals surface area (Å²) in [5.41, 5.74) is 0.848. The van der Waals surface area contributed by atoms with E-state index in [4.69, 9.17) is 0 Å². The second-order valence-electron chi connectivity index (χ2n) is 3.77. The van der Waals surface area contributed by atoms with Crippen LogP contribution in [0.3, 0.4) is 0 Å². The topological polar surface area (TPSA) is 29.1 Å². The zero-order chi connectivity index (χ0) is 9.80. The summed E-state index contributed by atoms with van der Waals surface area (Å²) < 4.78 is 0.